The number of hydrogen-bond donors (Lipinski definition) is 2. The van der Waals surface area contributed by atoms with Crippen LogP contribution < -0.4 is 15.5 Å². The van der Waals surface area contributed by atoms with E-state index in [0.717, 1.165) is 37.4 Å². The number of rotatable bonds is 5. The van der Waals surface area contributed by atoms with Gasteiger partial charge in [0.05, 0.1) is 11.9 Å². The molecule has 3 rings (SSSR count). The summed E-state index contributed by atoms with van der Waals surface area (Å²) >= 11 is 0. The van der Waals surface area contributed by atoms with Gasteiger partial charge in [-0.1, -0.05) is 26.2 Å². The van der Waals surface area contributed by atoms with Crippen molar-refractivity contribution in [2.24, 2.45) is 23.9 Å². The lowest BCUT2D eigenvalue weighted by Gasteiger charge is -2.34. The molecular formula is C20H37IN6. The number of piperidine rings is 1. The summed E-state index contributed by atoms with van der Waals surface area (Å²) in [6.07, 6.45) is 13.3. The van der Waals surface area contributed by atoms with Crippen LogP contribution in [-0.4, -0.2) is 48.5 Å². The Kier molecular flexibility index (Phi) is 9.18. The normalized spacial score (nSPS) is 26.4. The van der Waals surface area contributed by atoms with E-state index in [1.807, 2.05) is 25.0 Å². The fourth-order valence-corrected chi connectivity index (χ4v) is 4.51. The molecule has 1 saturated carbocycles. The fourth-order valence-electron chi connectivity index (χ4n) is 4.51. The lowest BCUT2D eigenvalue weighted by molar-refractivity contribution is 0.270. The third-order valence-electron chi connectivity index (χ3n) is 5.93. The number of aromatic nitrogens is 2. The first kappa shape index (κ1) is 22.3. The van der Waals surface area contributed by atoms with E-state index in [-0.39, 0.29) is 24.0 Å². The lowest BCUT2D eigenvalue weighted by Crippen LogP contribution is -2.51. The summed E-state index contributed by atoms with van der Waals surface area (Å²) in [5, 5.41) is 11.5. The fraction of sp³-hybridized carbons (Fsp3) is 0.800. The second kappa shape index (κ2) is 11.1. The maximum Gasteiger partial charge on any atom is 0.191 e. The Bertz CT molecular complexity index is 587. The third-order valence-corrected chi connectivity index (χ3v) is 5.93. The first-order valence-electron chi connectivity index (χ1n) is 10.3. The maximum absolute atomic E-state index is 4.44. The zero-order chi connectivity index (χ0) is 18.4. The van der Waals surface area contributed by atoms with Crippen molar-refractivity contribution < 1.29 is 0 Å². The van der Waals surface area contributed by atoms with Gasteiger partial charge in [-0.3, -0.25) is 9.67 Å². The highest BCUT2D eigenvalue weighted by atomic mass is 127. The van der Waals surface area contributed by atoms with Crippen LogP contribution in [0, 0.1) is 11.8 Å². The van der Waals surface area contributed by atoms with Crippen molar-refractivity contribution in [3.8, 4) is 0 Å². The van der Waals surface area contributed by atoms with Crippen molar-refractivity contribution in [3.63, 3.8) is 0 Å². The van der Waals surface area contributed by atoms with E-state index in [0.29, 0.717) is 6.04 Å². The summed E-state index contributed by atoms with van der Waals surface area (Å²) in [4.78, 5) is 6.86. The van der Waals surface area contributed by atoms with Gasteiger partial charge in [-0.15, -0.1) is 24.0 Å². The molecule has 3 unspecified atom stereocenters. The number of nitrogens with zero attached hydrogens (tertiary/aromatic N) is 4. The number of aliphatic imine (C=N–C) groups is 1. The van der Waals surface area contributed by atoms with Crippen molar-refractivity contribution in [3.05, 3.63) is 12.4 Å². The van der Waals surface area contributed by atoms with E-state index < -0.39 is 0 Å². The number of hydrogen-bond acceptors (Lipinski definition) is 3. The second-order valence-corrected chi connectivity index (χ2v) is 8.23. The molecule has 0 radical (unpaired) electrons. The summed E-state index contributed by atoms with van der Waals surface area (Å²) in [6, 6.07) is 0.435. The minimum absolute atomic E-state index is 0. The van der Waals surface area contributed by atoms with Gasteiger partial charge in [0.25, 0.3) is 0 Å². The van der Waals surface area contributed by atoms with Gasteiger partial charge in [0.2, 0.25) is 0 Å². The lowest BCUT2D eigenvalue weighted by atomic mass is 9.81. The molecule has 7 heteroatoms. The molecule has 27 heavy (non-hydrogen) atoms. The van der Waals surface area contributed by atoms with Gasteiger partial charge in [-0.25, -0.2) is 0 Å². The monoisotopic (exact) mass is 488 g/mol. The van der Waals surface area contributed by atoms with E-state index in [1.165, 1.54) is 50.6 Å². The number of anilines is 1. The molecular weight excluding hydrogens is 451 g/mol. The van der Waals surface area contributed by atoms with Crippen LogP contribution in [0.3, 0.4) is 0 Å². The van der Waals surface area contributed by atoms with Gasteiger partial charge in [-0.05, 0) is 37.5 Å². The van der Waals surface area contributed by atoms with Crippen LogP contribution in [0.2, 0.25) is 0 Å². The molecule has 154 valence electrons. The van der Waals surface area contributed by atoms with E-state index in [4.69, 9.17) is 0 Å². The number of guanidine groups is 1. The van der Waals surface area contributed by atoms with E-state index in [2.05, 4.69) is 38.7 Å². The molecule has 2 heterocycles. The van der Waals surface area contributed by atoms with Gasteiger partial charge in [0.1, 0.15) is 0 Å². The van der Waals surface area contributed by atoms with E-state index in [9.17, 15) is 0 Å². The molecule has 0 spiro atoms. The summed E-state index contributed by atoms with van der Waals surface area (Å²) < 4.78 is 1.87. The van der Waals surface area contributed by atoms with E-state index >= 15 is 0 Å². The average molecular weight is 488 g/mol. The molecule has 2 aliphatic rings. The highest BCUT2D eigenvalue weighted by Gasteiger charge is 2.22. The first-order chi connectivity index (χ1) is 12.6. The molecule has 0 aromatic carbocycles. The molecule has 1 aromatic rings. The zero-order valence-electron chi connectivity index (χ0n) is 17.2. The van der Waals surface area contributed by atoms with Crippen molar-refractivity contribution in [1.29, 1.82) is 0 Å². The van der Waals surface area contributed by atoms with Gasteiger partial charge in [-0.2, -0.15) is 5.10 Å². The molecule has 0 bridgehead atoms. The van der Waals surface area contributed by atoms with Crippen LogP contribution >= 0.6 is 24.0 Å². The van der Waals surface area contributed by atoms with Crippen LogP contribution in [0.15, 0.2) is 17.4 Å². The minimum Gasteiger partial charge on any atom is -0.367 e. The third kappa shape index (κ3) is 6.84. The van der Waals surface area contributed by atoms with Crippen molar-refractivity contribution in [1.82, 2.24) is 20.4 Å². The molecule has 1 aromatic heterocycles. The van der Waals surface area contributed by atoms with Crippen LogP contribution in [0.4, 0.5) is 5.69 Å². The van der Waals surface area contributed by atoms with Gasteiger partial charge in [0.15, 0.2) is 5.96 Å². The zero-order valence-corrected chi connectivity index (χ0v) is 19.5. The number of aryl methyl sites for hydroxylation is 1. The highest BCUT2D eigenvalue weighted by Crippen LogP contribution is 2.30. The Hall–Kier alpha value is -0.990. The standard InChI is InChI=1S/C20H36N6.HI/c1-16-6-4-7-17(12-16)9-10-22-20(21-2)24-18-8-5-11-26(14-18)19-13-23-25(3)15-19;/h13,15-18H,4-12,14H2,1-3H3,(H2,21,22,24);1H. The minimum atomic E-state index is 0. The summed E-state index contributed by atoms with van der Waals surface area (Å²) in [7, 11) is 3.85. The second-order valence-electron chi connectivity index (χ2n) is 8.23. The van der Waals surface area contributed by atoms with Crippen molar-refractivity contribution in [2.45, 2.75) is 57.9 Å². The SMILES string of the molecule is CN=C(NCCC1CCCC(C)C1)NC1CCCN(c2cnn(C)c2)C1.I. The predicted octanol–water partition coefficient (Wildman–Crippen LogP) is 3.39. The number of nitrogens with one attached hydrogen (secondary N) is 2. The molecule has 1 aliphatic carbocycles. The molecule has 2 N–H and O–H groups in total. The smallest absolute Gasteiger partial charge is 0.191 e. The van der Waals surface area contributed by atoms with Gasteiger partial charge < -0.3 is 15.5 Å². The predicted molar refractivity (Wildman–Crippen MR) is 124 cm³/mol. The largest absolute Gasteiger partial charge is 0.367 e. The molecule has 0 amide bonds. The maximum atomic E-state index is 4.44. The van der Waals surface area contributed by atoms with Crippen molar-refractivity contribution in [2.75, 3.05) is 31.6 Å². The Morgan fingerprint density at radius 1 is 1.30 bits per heavy atom. The quantitative estimate of drug-likeness (QED) is 0.379. The summed E-state index contributed by atoms with van der Waals surface area (Å²) in [5.74, 6) is 2.75. The van der Waals surface area contributed by atoms with Gasteiger partial charge in [0, 0.05) is 46.0 Å². The summed E-state index contributed by atoms with van der Waals surface area (Å²) in [6.45, 7) is 5.54. The molecule has 1 saturated heterocycles. The number of halogens is 1. The van der Waals surface area contributed by atoms with Crippen LogP contribution in [0.5, 0.6) is 0 Å². The van der Waals surface area contributed by atoms with Crippen LogP contribution in [-0.2, 0) is 7.05 Å². The van der Waals surface area contributed by atoms with E-state index in [1.54, 1.807) is 0 Å². The highest BCUT2D eigenvalue weighted by molar-refractivity contribution is 14.0. The Labute approximate surface area is 181 Å². The topological polar surface area (TPSA) is 57.5 Å². The molecule has 6 nitrogen and oxygen atoms in total. The Morgan fingerprint density at radius 3 is 2.85 bits per heavy atom. The molecule has 3 atom stereocenters. The van der Waals surface area contributed by atoms with Crippen LogP contribution in [0.25, 0.3) is 0 Å². The summed E-state index contributed by atoms with van der Waals surface area (Å²) in [5.41, 5.74) is 1.22. The molecule has 1 aliphatic heterocycles. The van der Waals surface area contributed by atoms with Crippen molar-refractivity contribution >= 4 is 35.6 Å². The molecule has 2 fully saturated rings. The van der Waals surface area contributed by atoms with Gasteiger partial charge >= 0.3 is 0 Å². The van der Waals surface area contributed by atoms with Crippen LogP contribution in [0.1, 0.15) is 51.9 Å². The average Bonchev–Trinajstić information content (AvgIpc) is 3.08. The Balaban J connectivity index is 0.00000261. The Morgan fingerprint density at radius 2 is 2.15 bits per heavy atom. The first-order valence-corrected chi connectivity index (χ1v) is 10.3.